The number of benzene rings is 1. The molecule has 1 atom stereocenters. The molecule has 5 heteroatoms. The van der Waals surface area contributed by atoms with Crippen LogP contribution >= 0.6 is 15.9 Å². The van der Waals surface area contributed by atoms with Gasteiger partial charge in [0.1, 0.15) is 6.04 Å². The number of amides is 2. The molecule has 1 aliphatic rings. The first kappa shape index (κ1) is 15.0. The minimum absolute atomic E-state index is 0.114. The van der Waals surface area contributed by atoms with Gasteiger partial charge < -0.3 is 10.6 Å². The van der Waals surface area contributed by atoms with Gasteiger partial charge in [0.15, 0.2) is 0 Å². The molecule has 1 fully saturated rings. The second-order valence-electron chi connectivity index (χ2n) is 5.16. The summed E-state index contributed by atoms with van der Waals surface area (Å²) >= 11 is 3.33. The van der Waals surface area contributed by atoms with E-state index in [-0.39, 0.29) is 17.9 Å². The van der Waals surface area contributed by atoms with E-state index in [1.807, 2.05) is 6.07 Å². The second-order valence-corrected chi connectivity index (χ2v) is 6.02. The molecule has 1 aromatic rings. The Morgan fingerprint density at radius 3 is 2.55 bits per heavy atom. The molecule has 2 N–H and O–H groups in total. The largest absolute Gasteiger partial charge is 0.352 e. The fourth-order valence-electron chi connectivity index (χ4n) is 2.38. The molecular formula is C15H19BrN2O2. The van der Waals surface area contributed by atoms with Crippen LogP contribution in [-0.4, -0.2) is 23.9 Å². The molecule has 1 aliphatic carbocycles. The van der Waals surface area contributed by atoms with Crippen molar-refractivity contribution in [3.63, 3.8) is 0 Å². The van der Waals surface area contributed by atoms with Crippen molar-refractivity contribution in [2.24, 2.45) is 0 Å². The molecular weight excluding hydrogens is 320 g/mol. The van der Waals surface area contributed by atoms with E-state index >= 15 is 0 Å². The standard InChI is InChI=1S/C15H19BrN2O2/c1-10(14(19)18-11-6-2-3-7-11)17-15(20)12-8-4-5-9-13(12)16/h4-5,8-11H,2-3,6-7H2,1H3,(H,17,20)(H,18,19)/t10-/m0/s1. The Kier molecular flexibility index (Phi) is 5.17. The van der Waals surface area contributed by atoms with Gasteiger partial charge in [0.2, 0.25) is 5.91 Å². The summed E-state index contributed by atoms with van der Waals surface area (Å²) in [6.07, 6.45) is 4.42. The minimum Gasteiger partial charge on any atom is -0.352 e. The molecule has 2 rings (SSSR count). The lowest BCUT2D eigenvalue weighted by Gasteiger charge is -2.18. The third kappa shape index (κ3) is 3.82. The fraction of sp³-hybridized carbons (Fsp3) is 0.467. The van der Waals surface area contributed by atoms with E-state index in [0.29, 0.717) is 5.56 Å². The zero-order valence-corrected chi connectivity index (χ0v) is 13.1. The number of hydrogen-bond donors (Lipinski definition) is 2. The highest BCUT2D eigenvalue weighted by atomic mass is 79.9. The Labute approximate surface area is 127 Å². The van der Waals surface area contributed by atoms with Crippen molar-refractivity contribution in [2.75, 3.05) is 0 Å². The maximum Gasteiger partial charge on any atom is 0.253 e. The van der Waals surface area contributed by atoms with Gasteiger partial charge in [-0.3, -0.25) is 9.59 Å². The van der Waals surface area contributed by atoms with Crippen LogP contribution in [0, 0.1) is 0 Å². The summed E-state index contributed by atoms with van der Waals surface area (Å²) < 4.78 is 0.723. The molecule has 0 heterocycles. The molecule has 0 aromatic heterocycles. The Hall–Kier alpha value is -1.36. The van der Waals surface area contributed by atoms with Crippen molar-refractivity contribution in [1.29, 1.82) is 0 Å². The van der Waals surface area contributed by atoms with Crippen LogP contribution in [-0.2, 0) is 4.79 Å². The Bertz CT molecular complexity index is 498. The van der Waals surface area contributed by atoms with E-state index < -0.39 is 6.04 Å². The third-order valence-corrected chi connectivity index (χ3v) is 4.25. The molecule has 1 saturated carbocycles. The Morgan fingerprint density at radius 2 is 1.90 bits per heavy atom. The maximum absolute atomic E-state index is 12.1. The van der Waals surface area contributed by atoms with E-state index in [0.717, 1.165) is 17.3 Å². The summed E-state index contributed by atoms with van der Waals surface area (Å²) in [5, 5.41) is 5.71. The van der Waals surface area contributed by atoms with Crippen LogP contribution in [0.2, 0.25) is 0 Å². The van der Waals surface area contributed by atoms with Gasteiger partial charge in [0, 0.05) is 10.5 Å². The SMILES string of the molecule is C[C@H](NC(=O)c1ccccc1Br)C(=O)NC1CCCC1. The van der Waals surface area contributed by atoms with E-state index in [9.17, 15) is 9.59 Å². The number of carbonyl (C=O) groups excluding carboxylic acids is 2. The number of hydrogen-bond acceptors (Lipinski definition) is 2. The van der Waals surface area contributed by atoms with Crippen LogP contribution in [0.25, 0.3) is 0 Å². The van der Waals surface area contributed by atoms with E-state index in [1.54, 1.807) is 25.1 Å². The summed E-state index contributed by atoms with van der Waals surface area (Å²) in [5.41, 5.74) is 0.535. The van der Waals surface area contributed by atoms with Crippen LogP contribution in [0.5, 0.6) is 0 Å². The number of carbonyl (C=O) groups is 2. The van der Waals surface area contributed by atoms with Crippen molar-refractivity contribution in [1.82, 2.24) is 10.6 Å². The van der Waals surface area contributed by atoms with Crippen molar-refractivity contribution in [3.05, 3.63) is 34.3 Å². The second kappa shape index (κ2) is 6.88. The van der Waals surface area contributed by atoms with Gasteiger partial charge in [0.05, 0.1) is 5.56 Å². The lowest BCUT2D eigenvalue weighted by atomic mass is 10.2. The van der Waals surface area contributed by atoms with Gasteiger partial charge in [-0.1, -0.05) is 25.0 Å². The summed E-state index contributed by atoms with van der Waals surface area (Å²) in [4.78, 5) is 24.1. The van der Waals surface area contributed by atoms with Gasteiger partial charge in [-0.2, -0.15) is 0 Å². The lowest BCUT2D eigenvalue weighted by molar-refractivity contribution is -0.123. The van der Waals surface area contributed by atoms with Crippen molar-refractivity contribution in [3.8, 4) is 0 Å². The van der Waals surface area contributed by atoms with Gasteiger partial charge in [-0.25, -0.2) is 0 Å². The monoisotopic (exact) mass is 338 g/mol. The van der Waals surface area contributed by atoms with Gasteiger partial charge in [0.25, 0.3) is 5.91 Å². The summed E-state index contributed by atoms with van der Waals surface area (Å²) in [5.74, 6) is -0.358. The maximum atomic E-state index is 12.1. The molecule has 2 amide bonds. The smallest absolute Gasteiger partial charge is 0.253 e. The zero-order chi connectivity index (χ0) is 14.5. The number of halogens is 1. The predicted octanol–water partition coefficient (Wildman–Crippen LogP) is 2.63. The molecule has 108 valence electrons. The fourth-order valence-corrected chi connectivity index (χ4v) is 2.85. The van der Waals surface area contributed by atoms with Gasteiger partial charge in [-0.05, 0) is 47.8 Å². The molecule has 0 unspecified atom stereocenters. The quantitative estimate of drug-likeness (QED) is 0.886. The molecule has 1 aromatic carbocycles. The first-order valence-corrected chi connectivity index (χ1v) is 7.73. The Balaban J connectivity index is 1.90. The summed E-state index contributed by atoms with van der Waals surface area (Å²) in [7, 11) is 0. The van der Waals surface area contributed by atoms with Gasteiger partial charge >= 0.3 is 0 Å². The van der Waals surface area contributed by atoms with Crippen LogP contribution in [0.4, 0.5) is 0 Å². The van der Waals surface area contributed by atoms with E-state index in [2.05, 4.69) is 26.6 Å². The predicted molar refractivity (Wildman–Crippen MR) is 81.5 cm³/mol. The highest BCUT2D eigenvalue weighted by molar-refractivity contribution is 9.10. The van der Waals surface area contributed by atoms with Crippen molar-refractivity contribution < 1.29 is 9.59 Å². The molecule has 20 heavy (non-hydrogen) atoms. The van der Waals surface area contributed by atoms with Crippen molar-refractivity contribution in [2.45, 2.75) is 44.7 Å². The van der Waals surface area contributed by atoms with Gasteiger partial charge in [-0.15, -0.1) is 0 Å². The summed E-state index contributed by atoms with van der Waals surface area (Å²) in [6, 6.07) is 6.90. The Morgan fingerprint density at radius 1 is 1.25 bits per heavy atom. The normalized spacial score (nSPS) is 16.7. The molecule has 0 bridgehead atoms. The minimum atomic E-state index is -0.532. The lowest BCUT2D eigenvalue weighted by Crippen LogP contribution is -2.47. The molecule has 0 aliphatic heterocycles. The highest BCUT2D eigenvalue weighted by Crippen LogP contribution is 2.18. The topological polar surface area (TPSA) is 58.2 Å². The van der Waals surface area contributed by atoms with Crippen LogP contribution in [0.15, 0.2) is 28.7 Å². The van der Waals surface area contributed by atoms with Crippen LogP contribution < -0.4 is 10.6 Å². The van der Waals surface area contributed by atoms with Crippen LogP contribution in [0.1, 0.15) is 43.0 Å². The van der Waals surface area contributed by atoms with E-state index in [4.69, 9.17) is 0 Å². The molecule has 0 saturated heterocycles. The average Bonchev–Trinajstić information content (AvgIpc) is 2.91. The molecule has 4 nitrogen and oxygen atoms in total. The average molecular weight is 339 g/mol. The summed E-state index contributed by atoms with van der Waals surface area (Å²) in [6.45, 7) is 1.71. The third-order valence-electron chi connectivity index (χ3n) is 3.56. The van der Waals surface area contributed by atoms with Crippen molar-refractivity contribution >= 4 is 27.7 Å². The highest BCUT2D eigenvalue weighted by Gasteiger charge is 2.22. The van der Waals surface area contributed by atoms with E-state index in [1.165, 1.54) is 12.8 Å². The van der Waals surface area contributed by atoms with Crippen LogP contribution in [0.3, 0.4) is 0 Å². The first-order valence-electron chi connectivity index (χ1n) is 6.93. The first-order chi connectivity index (χ1) is 9.58. The zero-order valence-electron chi connectivity index (χ0n) is 11.5. The number of nitrogens with one attached hydrogen (secondary N) is 2. The molecule has 0 spiro atoms. The molecule has 0 radical (unpaired) electrons. The number of rotatable bonds is 4.